The summed E-state index contributed by atoms with van der Waals surface area (Å²) in [7, 11) is 0. The van der Waals surface area contributed by atoms with Crippen molar-refractivity contribution in [1.82, 2.24) is 0 Å². The van der Waals surface area contributed by atoms with Gasteiger partial charge in [0.2, 0.25) is 5.43 Å². The fourth-order valence-corrected chi connectivity index (χ4v) is 5.74. The van der Waals surface area contributed by atoms with E-state index >= 15 is 0 Å². The topological polar surface area (TPSA) is 95.2 Å². The Hall–Kier alpha value is -5.04. The molecule has 0 spiro atoms. The minimum atomic E-state index is -0.425. The average Bonchev–Trinajstić information content (AvgIpc) is 3.46. The predicted octanol–water partition coefficient (Wildman–Crippen LogP) is 6.16. The maximum Gasteiger partial charge on any atom is 0.312 e. The van der Waals surface area contributed by atoms with Gasteiger partial charge in [-0.25, -0.2) is 0 Å². The monoisotopic (exact) mass is 546 g/mol. The first-order chi connectivity index (χ1) is 20.0. The molecule has 2 aliphatic heterocycles. The summed E-state index contributed by atoms with van der Waals surface area (Å²) in [4.78, 5) is 26.3. The Balaban J connectivity index is 1.23. The molecule has 0 bridgehead atoms. The summed E-state index contributed by atoms with van der Waals surface area (Å²) < 4.78 is 23.6. The van der Waals surface area contributed by atoms with Gasteiger partial charge >= 0.3 is 5.97 Å². The third kappa shape index (κ3) is 4.59. The van der Waals surface area contributed by atoms with E-state index in [1.165, 1.54) is 29.5 Å². The fourth-order valence-electron chi connectivity index (χ4n) is 5.74. The van der Waals surface area contributed by atoms with Crippen LogP contribution in [0.5, 0.6) is 23.0 Å². The van der Waals surface area contributed by atoms with Crippen molar-refractivity contribution in [1.29, 1.82) is 0 Å². The van der Waals surface area contributed by atoms with E-state index in [0.29, 0.717) is 45.8 Å². The van der Waals surface area contributed by atoms with Gasteiger partial charge in [0.05, 0.1) is 30.6 Å². The minimum Gasteiger partial charge on any atom is -0.508 e. The van der Waals surface area contributed by atoms with Crippen LogP contribution in [-0.4, -0.2) is 24.3 Å². The summed E-state index contributed by atoms with van der Waals surface area (Å²) in [5, 5.41) is 10.0. The van der Waals surface area contributed by atoms with Gasteiger partial charge in [-0.3, -0.25) is 9.59 Å². The van der Waals surface area contributed by atoms with E-state index in [-0.39, 0.29) is 23.6 Å². The molecule has 1 aromatic heterocycles. The lowest BCUT2D eigenvalue weighted by Gasteiger charge is -2.27. The molecule has 3 heterocycles. The van der Waals surface area contributed by atoms with Crippen LogP contribution in [-0.2, 0) is 17.6 Å². The molecule has 1 N–H and O–H groups in total. The van der Waals surface area contributed by atoms with Crippen molar-refractivity contribution in [2.24, 2.45) is 0 Å². The van der Waals surface area contributed by atoms with Crippen LogP contribution in [0.3, 0.4) is 0 Å². The van der Waals surface area contributed by atoms with Crippen molar-refractivity contribution in [3.63, 3.8) is 0 Å². The van der Waals surface area contributed by atoms with Crippen molar-refractivity contribution < 1.29 is 28.5 Å². The highest BCUT2D eigenvalue weighted by Gasteiger charge is 2.33. The van der Waals surface area contributed by atoms with Gasteiger partial charge < -0.3 is 23.7 Å². The van der Waals surface area contributed by atoms with Gasteiger partial charge in [-0.1, -0.05) is 42.5 Å². The van der Waals surface area contributed by atoms with Crippen molar-refractivity contribution in [3.05, 3.63) is 118 Å². The molecule has 7 rings (SSSR count). The van der Waals surface area contributed by atoms with E-state index in [2.05, 4.69) is 12.1 Å². The van der Waals surface area contributed by atoms with Crippen molar-refractivity contribution in [3.8, 4) is 34.1 Å². The van der Waals surface area contributed by atoms with E-state index in [0.717, 1.165) is 30.8 Å². The normalized spacial score (nSPS) is 15.6. The van der Waals surface area contributed by atoms with Crippen molar-refractivity contribution >= 4 is 16.9 Å². The summed E-state index contributed by atoms with van der Waals surface area (Å²) >= 11 is 0. The third-order valence-corrected chi connectivity index (χ3v) is 7.76. The van der Waals surface area contributed by atoms with E-state index in [1.54, 1.807) is 24.3 Å². The lowest BCUT2D eigenvalue weighted by Crippen LogP contribution is -2.22. The first-order valence-corrected chi connectivity index (χ1v) is 13.6. The molecule has 1 atom stereocenters. The molecule has 41 heavy (non-hydrogen) atoms. The number of ether oxygens (including phenoxy) is 3. The summed E-state index contributed by atoms with van der Waals surface area (Å²) in [5.74, 6) is 1.32. The Kier molecular flexibility index (Phi) is 6.19. The fraction of sp³-hybridized carbons (Fsp3) is 0.176. The van der Waals surface area contributed by atoms with Crippen LogP contribution in [0.25, 0.3) is 22.1 Å². The molecule has 0 saturated carbocycles. The Bertz CT molecular complexity index is 1850. The zero-order chi connectivity index (χ0) is 27.9. The van der Waals surface area contributed by atoms with Crippen LogP contribution in [0.1, 0.15) is 34.6 Å². The van der Waals surface area contributed by atoms with E-state index in [9.17, 15) is 14.7 Å². The van der Waals surface area contributed by atoms with Gasteiger partial charge in [0, 0.05) is 29.9 Å². The number of rotatable bonds is 6. The van der Waals surface area contributed by atoms with Crippen molar-refractivity contribution in [2.45, 2.75) is 25.2 Å². The molecule has 204 valence electrons. The van der Waals surface area contributed by atoms with Gasteiger partial charge in [0.1, 0.15) is 34.8 Å². The SMILES string of the molecule is O=C1C[C@@H](c2ccccc2OCCc2ccc3c(c2)CCO3)c2c(ccc3c(=O)c(-c4ccc(O)cc4)coc23)O1. The zero-order valence-electron chi connectivity index (χ0n) is 22.1. The van der Waals surface area contributed by atoms with Gasteiger partial charge in [-0.05, 0) is 53.1 Å². The summed E-state index contributed by atoms with van der Waals surface area (Å²) in [6.07, 6.45) is 3.16. The Morgan fingerprint density at radius 2 is 1.76 bits per heavy atom. The lowest BCUT2D eigenvalue weighted by molar-refractivity contribution is -0.135. The molecule has 0 saturated heterocycles. The molecular weight excluding hydrogens is 520 g/mol. The van der Waals surface area contributed by atoms with Crippen LogP contribution in [0.2, 0.25) is 0 Å². The number of hydrogen-bond acceptors (Lipinski definition) is 7. The minimum absolute atomic E-state index is 0.0841. The summed E-state index contributed by atoms with van der Waals surface area (Å²) in [6, 6.07) is 23.6. The second-order valence-electron chi connectivity index (χ2n) is 10.3. The molecule has 0 aliphatic carbocycles. The first-order valence-electron chi connectivity index (χ1n) is 13.6. The highest BCUT2D eigenvalue weighted by Crippen LogP contribution is 2.45. The second kappa shape index (κ2) is 10.2. The number of carbonyl (C=O) groups excluding carboxylic acids is 1. The molecule has 0 unspecified atom stereocenters. The van der Waals surface area contributed by atoms with Crippen LogP contribution in [0.15, 0.2) is 94.3 Å². The Morgan fingerprint density at radius 3 is 2.63 bits per heavy atom. The van der Waals surface area contributed by atoms with Crippen LogP contribution < -0.4 is 19.6 Å². The highest BCUT2D eigenvalue weighted by atomic mass is 16.5. The smallest absolute Gasteiger partial charge is 0.312 e. The second-order valence-corrected chi connectivity index (χ2v) is 10.3. The van der Waals surface area contributed by atoms with E-state index < -0.39 is 5.92 Å². The number of phenolic OH excluding ortho intramolecular Hbond substituents is 1. The van der Waals surface area contributed by atoms with Crippen LogP contribution >= 0.6 is 0 Å². The van der Waals surface area contributed by atoms with Crippen LogP contribution in [0, 0.1) is 0 Å². The molecule has 2 aliphatic rings. The molecule has 0 fully saturated rings. The average molecular weight is 547 g/mol. The number of hydrogen-bond donors (Lipinski definition) is 1. The van der Waals surface area contributed by atoms with E-state index in [1.807, 2.05) is 30.3 Å². The van der Waals surface area contributed by atoms with Gasteiger partial charge in [-0.15, -0.1) is 0 Å². The predicted molar refractivity (Wildman–Crippen MR) is 153 cm³/mol. The number of fused-ring (bicyclic) bond motifs is 4. The van der Waals surface area contributed by atoms with Crippen LogP contribution in [0.4, 0.5) is 0 Å². The maximum atomic E-state index is 13.6. The number of carbonyl (C=O) groups is 1. The molecule has 0 radical (unpaired) electrons. The maximum absolute atomic E-state index is 13.6. The van der Waals surface area contributed by atoms with Crippen molar-refractivity contribution in [2.75, 3.05) is 13.2 Å². The molecular formula is C34H26O7. The summed E-state index contributed by atoms with van der Waals surface area (Å²) in [5.41, 5.74) is 5.05. The van der Waals surface area contributed by atoms with Gasteiger partial charge in [0.15, 0.2) is 0 Å². The third-order valence-electron chi connectivity index (χ3n) is 7.76. The lowest BCUT2D eigenvalue weighted by atomic mass is 9.84. The molecule has 7 nitrogen and oxygen atoms in total. The first kappa shape index (κ1) is 25.0. The van der Waals surface area contributed by atoms with E-state index in [4.69, 9.17) is 18.6 Å². The zero-order valence-corrected chi connectivity index (χ0v) is 22.1. The number of esters is 1. The van der Waals surface area contributed by atoms with Gasteiger partial charge in [0.25, 0.3) is 0 Å². The largest absolute Gasteiger partial charge is 0.508 e. The molecule has 4 aromatic carbocycles. The Labute approximate surface area is 235 Å². The standard InChI is InChI=1S/C34H26O7/c35-23-8-6-21(7-9-23)27-19-40-34-25(33(27)37)10-12-30-32(34)26(18-31(36)41-30)24-3-1-2-4-29(24)39-15-13-20-5-11-28-22(17-20)14-16-38-28/h1-12,17,19,26,35H,13-16,18H2/t26-/m0/s1. The number of aromatic hydroxyl groups is 1. The quantitative estimate of drug-likeness (QED) is 0.201. The summed E-state index contributed by atoms with van der Waals surface area (Å²) in [6.45, 7) is 1.18. The molecule has 0 amide bonds. The highest BCUT2D eigenvalue weighted by molar-refractivity contribution is 5.90. The number of benzene rings is 4. The number of para-hydroxylation sites is 1. The molecule has 5 aromatic rings. The Morgan fingerprint density at radius 1 is 0.927 bits per heavy atom. The molecule has 7 heteroatoms. The number of phenols is 1. The van der Waals surface area contributed by atoms with Gasteiger partial charge in [-0.2, -0.15) is 0 Å².